The molecule has 5 nitrogen and oxygen atoms in total. The van der Waals surface area contributed by atoms with Crippen LogP contribution in [0.2, 0.25) is 0 Å². The number of benzene rings is 2. The number of carbonyl (C=O) groups is 2. The van der Waals surface area contributed by atoms with Gasteiger partial charge in [0.1, 0.15) is 11.3 Å². The summed E-state index contributed by atoms with van der Waals surface area (Å²) in [6.45, 7) is 2.69. The summed E-state index contributed by atoms with van der Waals surface area (Å²) in [5, 5.41) is 9.78. The van der Waals surface area contributed by atoms with E-state index in [-0.39, 0.29) is 5.91 Å². The summed E-state index contributed by atoms with van der Waals surface area (Å²) >= 11 is 1.38. The van der Waals surface area contributed by atoms with Gasteiger partial charge in [-0.05, 0) is 18.6 Å². The molecular weight excluding hydrogens is 346 g/mol. The monoisotopic (exact) mass is 365 g/mol. The van der Waals surface area contributed by atoms with Gasteiger partial charge in [-0.15, -0.1) is 10.2 Å². The Kier molecular flexibility index (Phi) is 5.86. The van der Waals surface area contributed by atoms with Crippen LogP contribution in [-0.2, 0) is 0 Å². The van der Waals surface area contributed by atoms with Gasteiger partial charge in [0.25, 0.3) is 5.91 Å². The highest BCUT2D eigenvalue weighted by molar-refractivity contribution is 7.18. The second-order valence-electron chi connectivity index (χ2n) is 5.81. The molecule has 132 valence electrons. The van der Waals surface area contributed by atoms with E-state index < -0.39 is 0 Å². The Balaban J connectivity index is 1.88. The summed E-state index contributed by atoms with van der Waals surface area (Å²) in [5.74, 6) is -0.0712. The molecule has 26 heavy (non-hydrogen) atoms. The third kappa shape index (κ3) is 4.03. The molecule has 0 aliphatic heterocycles. The van der Waals surface area contributed by atoms with Gasteiger partial charge in [-0.3, -0.25) is 14.5 Å². The smallest absolute Gasteiger partial charge is 0.260 e. The first-order chi connectivity index (χ1) is 12.7. The van der Waals surface area contributed by atoms with Crippen LogP contribution in [0.15, 0.2) is 54.6 Å². The molecule has 0 saturated heterocycles. The van der Waals surface area contributed by atoms with Gasteiger partial charge in [-0.25, -0.2) is 0 Å². The topological polar surface area (TPSA) is 63.2 Å². The van der Waals surface area contributed by atoms with Crippen LogP contribution < -0.4 is 4.90 Å². The van der Waals surface area contributed by atoms with Gasteiger partial charge in [-0.1, -0.05) is 67.1 Å². The van der Waals surface area contributed by atoms with Crippen molar-refractivity contribution in [2.75, 3.05) is 11.4 Å². The van der Waals surface area contributed by atoms with Gasteiger partial charge < -0.3 is 0 Å². The van der Waals surface area contributed by atoms with Crippen LogP contribution in [0.25, 0.3) is 10.6 Å². The molecule has 0 bridgehead atoms. The number of carbonyl (C=O) groups excluding carboxylic acids is 2. The van der Waals surface area contributed by atoms with E-state index in [2.05, 4.69) is 17.1 Å². The first kappa shape index (κ1) is 17.9. The fourth-order valence-corrected chi connectivity index (χ4v) is 3.36. The summed E-state index contributed by atoms with van der Waals surface area (Å²) in [7, 11) is 0. The van der Waals surface area contributed by atoms with Gasteiger partial charge in [0.15, 0.2) is 0 Å². The number of amides is 1. The molecule has 0 fully saturated rings. The fraction of sp³-hybridized carbons (Fsp3) is 0.200. The van der Waals surface area contributed by atoms with Crippen LogP contribution in [0.4, 0.5) is 5.13 Å². The number of aromatic nitrogens is 2. The van der Waals surface area contributed by atoms with Gasteiger partial charge >= 0.3 is 0 Å². The van der Waals surface area contributed by atoms with E-state index in [9.17, 15) is 9.59 Å². The Morgan fingerprint density at radius 1 is 1.08 bits per heavy atom. The lowest BCUT2D eigenvalue weighted by Gasteiger charge is -2.19. The molecule has 0 unspecified atom stereocenters. The summed E-state index contributed by atoms with van der Waals surface area (Å²) in [6, 6.07) is 16.4. The Labute approximate surface area is 156 Å². The normalized spacial score (nSPS) is 10.5. The number of unbranched alkanes of at least 4 members (excludes halogenated alkanes) is 1. The van der Waals surface area contributed by atoms with E-state index in [0.717, 1.165) is 29.7 Å². The van der Waals surface area contributed by atoms with E-state index in [4.69, 9.17) is 0 Å². The largest absolute Gasteiger partial charge is 0.298 e. The molecule has 3 rings (SSSR count). The number of hydrogen-bond acceptors (Lipinski definition) is 5. The lowest BCUT2D eigenvalue weighted by atomic mass is 10.2. The Morgan fingerprint density at radius 2 is 1.81 bits per heavy atom. The molecule has 0 spiro atoms. The molecule has 2 aromatic carbocycles. The zero-order valence-corrected chi connectivity index (χ0v) is 15.3. The average Bonchev–Trinajstić information content (AvgIpc) is 3.19. The highest BCUT2D eigenvalue weighted by atomic mass is 32.1. The minimum Gasteiger partial charge on any atom is -0.298 e. The van der Waals surface area contributed by atoms with E-state index in [0.29, 0.717) is 22.8 Å². The van der Waals surface area contributed by atoms with E-state index in [1.54, 1.807) is 29.2 Å². The van der Waals surface area contributed by atoms with Crippen LogP contribution in [-0.4, -0.2) is 28.9 Å². The van der Waals surface area contributed by atoms with Crippen LogP contribution in [0.3, 0.4) is 0 Å². The van der Waals surface area contributed by atoms with Gasteiger partial charge in [-0.2, -0.15) is 0 Å². The van der Waals surface area contributed by atoms with Crippen molar-refractivity contribution < 1.29 is 9.59 Å². The van der Waals surface area contributed by atoms with Crippen molar-refractivity contribution >= 4 is 28.7 Å². The number of anilines is 1. The second kappa shape index (κ2) is 8.49. The Hall–Kier alpha value is -2.86. The molecule has 1 aromatic heterocycles. The molecule has 0 atom stereocenters. The maximum absolute atomic E-state index is 12.9. The average molecular weight is 365 g/mol. The lowest BCUT2D eigenvalue weighted by molar-refractivity contribution is 0.0986. The summed E-state index contributed by atoms with van der Waals surface area (Å²) in [4.78, 5) is 25.4. The minimum atomic E-state index is -0.0712. The number of hydrogen-bond donors (Lipinski definition) is 0. The van der Waals surface area contributed by atoms with Crippen molar-refractivity contribution in [3.8, 4) is 10.6 Å². The van der Waals surface area contributed by atoms with E-state index in [1.807, 2.05) is 30.3 Å². The molecule has 1 heterocycles. The van der Waals surface area contributed by atoms with Crippen LogP contribution >= 0.6 is 11.3 Å². The zero-order valence-electron chi connectivity index (χ0n) is 14.5. The summed E-state index contributed by atoms with van der Waals surface area (Å²) in [5.41, 5.74) is 2.12. The fourth-order valence-electron chi connectivity index (χ4n) is 2.48. The predicted molar refractivity (Wildman–Crippen MR) is 104 cm³/mol. The van der Waals surface area contributed by atoms with E-state index >= 15 is 0 Å². The predicted octanol–water partition coefficient (Wildman–Crippen LogP) is 4.46. The van der Waals surface area contributed by atoms with Crippen LogP contribution in [0, 0.1) is 0 Å². The highest BCUT2D eigenvalue weighted by Crippen LogP contribution is 2.30. The maximum atomic E-state index is 12.9. The Morgan fingerprint density at radius 3 is 2.46 bits per heavy atom. The molecule has 0 saturated carbocycles. The third-order valence-corrected chi connectivity index (χ3v) is 4.94. The van der Waals surface area contributed by atoms with Crippen molar-refractivity contribution in [2.24, 2.45) is 0 Å². The standard InChI is InChI=1S/C20H19N3O2S/c1-2-3-13-23(19(25)17-7-5-4-6-8-17)20-22-21-18(26-20)16-11-9-15(14-24)10-12-16/h4-12,14H,2-3,13H2,1H3. The van der Waals surface area contributed by atoms with Gasteiger partial charge in [0.05, 0.1) is 0 Å². The molecular formula is C20H19N3O2S. The highest BCUT2D eigenvalue weighted by Gasteiger charge is 2.21. The first-order valence-corrected chi connectivity index (χ1v) is 9.30. The molecule has 0 radical (unpaired) electrons. The molecule has 6 heteroatoms. The minimum absolute atomic E-state index is 0.0712. The van der Waals surface area contributed by atoms with Crippen molar-refractivity contribution in [3.05, 3.63) is 65.7 Å². The molecule has 1 amide bonds. The third-order valence-electron chi connectivity index (χ3n) is 3.94. The SMILES string of the molecule is CCCCN(C(=O)c1ccccc1)c1nnc(-c2ccc(C=O)cc2)s1. The summed E-state index contributed by atoms with van der Waals surface area (Å²) in [6.07, 6.45) is 2.68. The first-order valence-electron chi connectivity index (χ1n) is 8.49. The molecule has 0 aliphatic rings. The number of aldehydes is 1. The molecule has 0 aliphatic carbocycles. The quantitative estimate of drug-likeness (QED) is 0.580. The van der Waals surface area contributed by atoms with Gasteiger partial charge in [0, 0.05) is 23.2 Å². The number of rotatable bonds is 7. The maximum Gasteiger partial charge on any atom is 0.260 e. The van der Waals surface area contributed by atoms with E-state index in [1.165, 1.54) is 11.3 Å². The summed E-state index contributed by atoms with van der Waals surface area (Å²) < 4.78 is 0. The van der Waals surface area contributed by atoms with Crippen molar-refractivity contribution in [2.45, 2.75) is 19.8 Å². The number of nitrogens with zero attached hydrogens (tertiary/aromatic N) is 3. The molecule has 3 aromatic rings. The van der Waals surface area contributed by atoms with Crippen molar-refractivity contribution in [1.82, 2.24) is 10.2 Å². The molecule has 0 N–H and O–H groups in total. The second-order valence-corrected chi connectivity index (χ2v) is 6.76. The van der Waals surface area contributed by atoms with Crippen LogP contribution in [0.1, 0.15) is 40.5 Å². The van der Waals surface area contributed by atoms with Crippen molar-refractivity contribution in [1.29, 1.82) is 0 Å². The van der Waals surface area contributed by atoms with Crippen LogP contribution in [0.5, 0.6) is 0 Å². The van der Waals surface area contributed by atoms with Gasteiger partial charge in [0.2, 0.25) is 5.13 Å². The Bertz CT molecular complexity index is 876. The lowest BCUT2D eigenvalue weighted by Crippen LogP contribution is -2.31. The zero-order chi connectivity index (χ0) is 18.4. The van der Waals surface area contributed by atoms with Crippen molar-refractivity contribution in [3.63, 3.8) is 0 Å².